The second-order valence-corrected chi connectivity index (χ2v) is 8.21. The number of amides is 3. The molecule has 182 valence electrons. The van der Waals surface area contributed by atoms with E-state index < -0.39 is 17.9 Å². The van der Waals surface area contributed by atoms with Gasteiger partial charge in [-0.15, -0.1) is 6.58 Å². The molecule has 8 nitrogen and oxygen atoms in total. The Bertz CT molecular complexity index is 967. The van der Waals surface area contributed by atoms with Crippen molar-refractivity contribution in [2.75, 3.05) is 19.7 Å². The average molecular weight is 468 g/mol. The van der Waals surface area contributed by atoms with Crippen molar-refractivity contribution in [1.29, 1.82) is 0 Å². The predicted molar refractivity (Wildman–Crippen MR) is 128 cm³/mol. The third-order valence-corrected chi connectivity index (χ3v) is 5.82. The molecule has 3 amide bonds. The van der Waals surface area contributed by atoms with E-state index in [1.165, 1.54) is 23.7 Å². The van der Waals surface area contributed by atoms with Gasteiger partial charge in [0.15, 0.2) is 5.76 Å². The smallest absolute Gasteiger partial charge is 0.287 e. The maximum atomic E-state index is 13.6. The van der Waals surface area contributed by atoms with E-state index in [1.807, 2.05) is 19.1 Å². The number of hydrogen-bond donors (Lipinski definition) is 2. The number of carbonyl (C=O) groups excluding carboxylic acids is 3. The lowest BCUT2D eigenvalue weighted by molar-refractivity contribution is -0.140. The highest BCUT2D eigenvalue weighted by Gasteiger charge is 2.34. The van der Waals surface area contributed by atoms with Crippen LogP contribution < -0.4 is 15.4 Å². The number of rotatable bonds is 11. The normalized spacial score (nSPS) is 14.6. The molecule has 1 saturated carbocycles. The zero-order chi connectivity index (χ0) is 24.3. The number of nitrogens with one attached hydrogen (secondary N) is 2. The fourth-order valence-electron chi connectivity index (χ4n) is 4.21. The van der Waals surface area contributed by atoms with E-state index in [4.69, 9.17) is 9.15 Å². The summed E-state index contributed by atoms with van der Waals surface area (Å²) in [5, 5.41) is 5.71. The van der Waals surface area contributed by atoms with Crippen LogP contribution in [-0.4, -0.2) is 48.4 Å². The highest BCUT2D eigenvalue weighted by Crippen LogP contribution is 2.31. The number of para-hydroxylation sites is 1. The van der Waals surface area contributed by atoms with E-state index in [-0.39, 0.29) is 30.8 Å². The number of nitrogens with zero attached hydrogens (tertiary/aromatic N) is 1. The lowest BCUT2D eigenvalue weighted by Gasteiger charge is -2.33. The van der Waals surface area contributed by atoms with E-state index in [1.54, 1.807) is 24.3 Å². The van der Waals surface area contributed by atoms with Crippen molar-refractivity contribution in [3.05, 3.63) is 66.6 Å². The van der Waals surface area contributed by atoms with Crippen LogP contribution in [-0.2, 0) is 9.59 Å². The van der Waals surface area contributed by atoms with Crippen molar-refractivity contribution in [3.63, 3.8) is 0 Å². The first kappa shape index (κ1) is 25.1. The summed E-state index contributed by atoms with van der Waals surface area (Å²) in [6, 6.07) is 9.47. The summed E-state index contributed by atoms with van der Waals surface area (Å²) >= 11 is 0. The van der Waals surface area contributed by atoms with Crippen LogP contribution in [0.25, 0.3) is 0 Å². The zero-order valence-corrected chi connectivity index (χ0v) is 19.6. The lowest BCUT2D eigenvalue weighted by atomic mass is 9.94. The highest BCUT2D eigenvalue weighted by molar-refractivity contribution is 5.95. The SMILES string of the molecule is C=CCN(C(=O)CNC(=O)c1ccco1)C(C(=O)NC1CCCCC1)c1ccccc1OCC. The van der Waals surface area contributed by atoms with Crippen molar-refractivity contribution in [2.45, 2.75) is 51.1 Å². The van der Waals surface area contributed by atoms with Crippen LogP contribution in [0.3, 0.4) is 0 Å². The molecule has 0 aliphatic heterocycles. The molecule has 1 aliphatic carbocycles. The van der Waals surface area contributed by atoms with Gasteiger partial charge in [0.2, 0.25) is 11.8 Å². The maximum absolute atomic E-state index is 13.6. The van der Waals surface area contributed by atoms with Crippen LogP contribution >= 0.6 is 0 Å². The van der Waals surface area contributed by atoms with Crippen molar-refractivity contribution < 1.29 is 23.5 Å². The molecule has 8 heteroatoms. The molecule has 1 aromatic carbocycles. The summed E-state index contributed by atoms with van der Waals surface area (Å²) < 4.78 is 10.9. The van der Waals surface area contributed by atoms with Gasteiger partial charge in [-0.2, -0.15) is 0 Å². The summed E-state index contributed by atoms with van der Waals surface area (Å²) in [5.74, 6) is -0.553. The largest absolute Gasteiger partial charge is 0.494 e. The summed E-state index contributed by atoms with van der Waals surface area (Å²) in [6.07, 6.45) is 8.09. The molecular weight excluding hydrogens is 434 g/mol. The molecule has 0 radical (unpaired) electrons. The molecule has 2 N–H and O–H groups in total. The Labute approximate surface area is 200 Å². The van der Waals surface area contributed by atoms with Gasteiger partial charge >= 0.3 is 0 Å². The van der Waals surface area contributed by atoms with Crippen LogP contribution in [0, 0.1) is 0 Å². The Balaban J connectivity index is 1.87. The molecule has 1 unspecified atom stereocenters. The Morgan fingerprint density at radius 1 is 1.18 bits per heavy atom. The van der Waals surface area contributed by atoms with Gasteiger partial charge in [-0.25, -0.2) is 0 Å². The van der Waals surface area contributed by atoms with Crippen LogP contribution in [0.4, 0.5) is 0 Å². The second-order valence-electron chi connectivity index (χ2n) is 8.21. The van der Waals surface area contributed by atoms with Gasteiger partial charge in [0.1, 0.15) is 11.8 Å². The second kappa shape index (κ2) is 12.6. The standard InChI is InChI=1S/C26H33N3O5/c1-3-16-29(23(30)18-27-25(31)22-15-10-17-34-22)24(20-13-8-9-14-21(20)33-4-2)26(32)28-19-11-6-5-7-12-19/h3,8-10,13-15,17,19,24H,1,4-7,11-12,16,18H2,2H3,(H,27,31)(H,28,32). The fourth-order valence-corrected chi connectivity index (χ4v) is 4.21. The number of ether oxygens (including phenoxy) is 1. The minimum Gasteiger partial charge on any atom is -0.494 e. The first-order valence-electron chi connectivity index (χ1n) is 11.8. The van der Waals surface area contributed by atoms with E-state index >= 15 is 0 Å². The van der Waals surface area contributed by atoms with E-state index in [0.717, 1.165) is 25.7 Å². The molecular formula is C26H33N3O5. The summed E-state index contributed by atoms with van der Waals surface area (Å²) in [6.45, 7) is 5.88. The molecule has 1 heterocycles. The van der Waals surface area contributed by atoms with Crippen LogP contribution in [0.2, 0.25) is 0 Å². The van der Waals surface area contributed by atoms with Gasteiger partial charge in [0.25, 0.3) is 5.91 Å². The molecule has 1 aliphatic rings. The molecule has 3 rings (SSSR count). The monoisotopic (exact) mass is 467 g/mol. The van der Waals surface area contributed by atoms with Gasteiger partial charge in [0.05, 0.1) is 19.4 Å². The first-order chi connectivity index (χ1) is 16.5. The summed E-state index contributed by atoms with van der Waals surface area (Å²) in [4.78, 5) is 40.6. The summed E-state index contributed by atoms with van der Waals surface area (Å²) in [7, 11) is 0. The summed E-state index contributed by atoms with van der Waals surface area (Å²) in [5.41, 5.74) is 0.588. The van der Waals surface area contributed by atoms with E-state index in [9.17, 15) is 14.4 Å². The minimum atomic E-state index is -0.935. The third kappa shape index (κ3) is 6.50. The van der Waals surface area contributed by atoms with Gasteiger partial charge in [-0.3, -0.25) is 14.4 Å². The molecule has 0 saturated heterocycles. The molecule has 2 aromatic rings. The number of benzene rings is 1. The Morgan fingerprint density at radius 2 is 1.94 bits per heavy atom. The Kier molecular flexibility index (Phi) is 9.31. The minimum absolute atomic E-state index is 0.0716. The highest BCUT2D eigenvalue weighted by atomic mass is 16.5. The molecule has 0 bridgehead atoms. The lowest BCUT2D eigenvalue weighted by Crippen LogP contribution is -2.49. The Hall–Kier alpha value is -3.55. The van der Waals surface area contributed by atoms with Crippen molar-refractivity contribution >= 4 is 17.7 Å². The predicted octanol–water partition coefficient (Wildman–Crippen LogP) is 3.61. The molecule has 34 heavy (non-hydrogen) atoms. The number of hydrogen-bond acceptors (Lipinski definition) is 5. The third-order valence-electron chi connectivity index (χ3n) is 5.82. The zero-order valence-electron chi connectivity index (χ0n) is 19.6. The molecule has 0 spiro atoms. The van der Waals surface area contributed by atoms with Crippen LogP contribution in [0.1, 0.15) is 61.2 Å². The van der Waals surface area contributed by atoms with Gasteiger partial charge < -0.3 is 24.7 Å². The first-order valence-corrected chi connectivity index (χ1v) is 11.8. The van der Waals surface area contributed by atoms with Crippen LogP contribution in [0.15, 0.2) is 59.7 Å². The number of furan rings is 1. The topological polar surface area (TPSA) is 101 Å². The average Bonchev–Trinajstić information content (AvgIpc) is 3.39. The maximum Gasteiger partial charge on any atom is 0.287 e. The Morgan fingerprint density at radius 3 is 2.62 bits per heavy atom. The van der Waals surface area contributed by atoms with E-state index in [2.05, 4.69) is 17.2 Å². The van der Waals surface area contributed by atoms with Crippen molar-refractivity contribution in [1.82, 2.24) is 15.5 Å². The number of carbonyl (C=O) groups is 3. The van der Waals surface area contributed by atoms with Crippen molar-refractivity contribution in [2.24, 2.45) is 0 Å². The van der Waals surface area contributed by atoms with Gasteiger partial charge in [-0.1, -0.05) is 43.5 Å². The van der Waals surface area contributed by atoms with Crippen LogP contribution in [0.5, 0.6) is 5.75 Å². The van der Waals surface area contributed by atoms with Gasteiger partial charge in [0, 0.05) is 18.2 Å². The molecule has 1 fully saturated rings. The quantitative estimate of drug-likeness (QED) is 0.492. The fraction of sp³-hybridized carbons (Fsp3) is 0.423. The van der Waals surface area contributed by atoms with E-state index in [0.29, 0.717) is 17.9 Å². The molecule has 1 aromatic heterocycles. The van der Waals surface area contributed by atoms with Gasteiger partial charge in [-0.05, 0) is 38.0 Å². The molecule has 1 atom stereocenters. The van der Waals surface area contributed by atoms with Crippen molar-refractivity contribution in [3.8, 4) is 5.75 Å².